The summed E-state index contributed by atoms with van der Waals surface area (Å²) in [6.45, 7) is 1.99. The number of anilines is 1. The fourth-order valence-corrected chi connectivity index (χ4v) is 1.97. The highest BCUT2D eigenvalue weighted by molar-refractivity contribution is 7.07. The molecule has 0 aliphatic rings. The number of nitrogens with two attached hydrogens (primary N) is 1. The Morgan fingerprint density at radius 1 is 1.50 bits per heavy atom. The molecule has 1 aromatic heterocycles. The maximum atomic E-state index is 5.97. The monoisotopic (exact) mass is 255 g/mol. The molecule has 0 unspecified atom stereocenters. The Balaban J connectivity index is 2.20. The lowest BCUT2D eigenvalue weighted by atomic mass is 10.3. The summed E-state index contributed by atoms with van der Waals surface area (Å²) in [5.74, 6) is 1.31. The van der Waals surface area contributed by atoms with Crippen molar-refractivity contribution in [2.24, 2.45) is 0 Å². The van der Waals surface area contributed by atoms with E-state index in [2.05, 4.69) is 9.36 Å². The molecule has 0 amide bonds. The van der Waals surface area contributed by atoms with Crippen LogP contribution in [0.25, 0.3) is 0 Å². The molecule has 0 aliphatic carbocycles. The van der Waals surface area contributed by atoms with Gasteiger partial charge < -0.3 is 10.5 Å². The van der Waals surface area contributed by atoms with Crippen molar-refractivity contribution >= 4 is 28.8 Å². The molecule has 2 aromatic rings. The fraction of sp³-hybridized carbons (Fsp3) is 0.200. The van der Waals surface area contributed by atoms with Crippen LogP contribution in [0, 0.1) is 0 Å². The van der Waals surface area contributed by atoms with Gasteiger partial charge in [-0.05, 0) is 18.2 Å². The van der Waals surface area contributed by atoms with E-state index in [0.717, 1.165) is 12.2 Å². The van der Waals surface area contributed by atoms with Crippen LogP contribution in [0.3, 0.4) is 0 Å². The lowest BCUT2D eigenvalue weighted by Crippen LogP contribution is -1.88. The van der Waals surface area contributed by atoms with Gasteiger partial charge in [0, 0.05) is 23.6 Å². The molecule has 16 heavy (non-hydrogen) atoms. The Morgan fingerprint density at radius 2 is 2.31 bits per heavy atom. The topological polar surface area (TPSA) is 61.0 Å². The number of ether oxygens (including phenoxy) is 1. The summed E-state index contributed by atoms with van der Waals surface area (Å²) >= 11 is 7.18. The minimum absolute atomic E-state index is 0.466. The van der Waals surface area contributed by atoms with Gasteiger partial charge in [0.15, 0.2) is 0 Å². The maximum Gasteiger partial charge on any atom is 0.298 e. The first-order chi connectivity index (χ1) is 7.69. The van der Waals surface area contributed by atoms with Gasteiger partial charge in [-0.25, -0.2) is 0 Å². The highest BCUT2D eigenvalue weighted by Gasteiger charge is 2.07. The number of hydrogen-bond acceptors (Lipinski definition) is 5. The van der Waals surface area contributed by atoms with Crippen molar-refractivity contribution in [2.75, 3.05) is 5.73 Å². The van der Waals surface area contributed by atoms with Gasteiger partial charge in [0.2, 0.25) is 0 Å². The van der Waals surface area contributed by atoms with Crippen molar-refractivity contribution in [3.8, 4) is 10.9 Å². The zero-order valence-corrected chi connectivity index (χ0v) is 10.2. The molecule has 0 radical (unpaired) electrons. The smallest absolute Gasteiger partial charge is 0.298 e. The Morgan fingerprint density at radius 3 is 2.94 bits per heavy atom. The predicted molar refractivity (Wildman–Crippen MR) is 65.2 cm³/mol. The minimum Gasteiger partial charge on any atom is -0.428 e. The van der Waals surface area contributed by atoms with E-state index >= 15 is 0 Å². The van der Waals surface area contributed by atoms with E-state index in [-0.39, 0.29) is 0 Å². The van der Waals surface area contributed by atoms with Crippen molar-refractivity contribution in [1.29, 1.82) is 0 Å². The van der Waals surface area contributed by atoms with Crippen LogP contribution in [0.1, 0.15) is 12.7 Å². The molecular formula is C10H10ClN3OS. The van der Waals surface area contributed by atoms with Crippen molar-refractivity contribution in [3.05, 3.63) is 29.0 Å². The van der Waals surface area contributed by atoms with Gasteiger partial charge in [-0.2, -0.15) is 9.36 Å². The molecule has 2 rings (SSSR count). The molecule has 0 saturated heterocycles. The summed E-state index contributed by atoms with van der Waals surface area (Å²) in [5, 5.41) is 0.955. The molecule has 2 N–H and O–H groups in total. The van der Waals surface area contributed by atoms with Gasteiger partial charge in [0.1, 0.15) is 11.6 Å². The van der Waals surface area contributed by atoms with Gasteiger partial charge in [-0.1, -0.05) is 18.5 Å². The first-order valence-electron chi connectivity index (χ1n) is 4.74. The third kappa shape index (κ3) is 2.43. The molecule has 1 aromatic carbocycles. The van der Waals surface area contributed by atoms with Crippen LogP contribution in [0.4, 0.5) is 5.69 Å². The van der Waals surface area contributed by atoms with Crippen LogP contribution >= 0.6 is 23.1 Å². The quantitative estimate of drug-likeness (QED) is 0.856. The zero-order valence-electron chi connectivity index (χ0n) is 8.61. The molecule has 4 nitrogen and oxygen atoms in total. The summed E-state index contributed by atoms with van der Waals surface area (Å²) in [4.78, 5) is 4.18. The third-order valence-corrected chi connectivity index (χ3v) is 2.85. The van der Waals surface area contributed by atoms with E-state index in [1.54, 1.807) is 18.2 Å². The normalized spacial score (nSPS) is 10.4. The van der Waals surface area contributed by atoms with E-state index in [4.69, 9.17) is 22.1 Å². The molecule has 0 atom stereocenters. The van der Waals surface area contributed by atoms with Crippen molar-refractivity contribution < 1.29 is 4.74 Å². The first kappa shape index (κ1) is 11.2. The number of aromatic nitrogens is 2. The summed E-state index contributed by atoms with van der Waals surface area (Å²) in [5.41, 5.74) is 6.18. The zero-order chi connectivity index (χ0) is 11.5. The number of aryl methyl sites for hydroxylation is 1. The van der Waals surface area contributed by atoms with E-state index in [1.807, 2.05) is 6.92 Å². The minimum atomic E-state index is 0.466. The number of nitrogen functional groups attached to an aromatic ring is 1. The standard InChI is InChI=1S/C10H10ClN3OS/c1-2-9-13-10(16-14-9)15-8-4-3-6(12)5-7(8)11/h3-5H,2,12H2,1H3. The average molecular weight is 256 g/mol. The Labute approximate surface area is 102 Å². The highest BCUT2D eigenvalue weighted by atomic mass is 35.5. The van der Waals surface area contributed by atoms with E-state index in [0.29, 0.717) is 21.7 Å². The molecule has 0 aliphatic heterocycles. The maximum absolute atomic E-state index is 5.97. The lowest BCUT2D eigenvalue weighted by molar-refractivity contribution is 0.477. The molecule has 0 bridgehead atoms. The molecule has 1 heterocycles. The Kier molecular flexibility index (Phi) is 3.26. The number of halogens is 1. The van der Waals surface area contributed by atoms with E-state index in [9.17, 15) is 0 Å². The van der Waals surface area contributed by atoms with E-state index < -0.39 is 0 Å². The van der Waals surface area contributed by atoms with Gasteiger partial charge in [0.05, 0.1) is 5.02 Å². The highest BCUT2D eigenvalue weighted by Crippen LogP contribution is 2.31. The molecule has 6 heteroatoms. The summed E-state index contributed by atoms with van der Waals surface area (Å²) in [6.07, 6.45) is 0.787. The lowest BCUT2D eigenvalue weighted by Gasteiger charge is -2.03. The number of hydrogen-bond donors (Lipinski definition) is 1. The Hall–Kier alpha value is -1.33. The molecule has 84 valence electrons. The molecule has 0 fully saturated rings. The number of nitrogens with zero attached hydrogens (tertiary/aromatic N) is 2. The second kappa shape index (κ2) is 4.67. The summed E-state index contributed by atoms with van der Waals surface area (Å²) < 4.78 is 9.62. The van der Waals surface area contributed by atoms with Crippen LogP contribution < -0.4 is 10.5 Å². The van der Waals surface area contributed by atoms with Gasteiger partial charge >= 0.3 is 0 Å². The largest absolute Gasteiger partial charge is 0.428 e. The third-order valence-electron chi connectivity index (χ3n) is 1.92. The van der Waals surface area contributed by atoms with E-state index in [1.165, 1.54) is 11.5 Å². The molecule has 0 saturated carbocycles. The SMILES string of the molecule is CCc1nsc(Oc2ccc(N)cc2Cl)n1. The van der Waals surface area contributed by atoms with Crippen LogP contribution in [-0.4, -0.2) is 9.36 Å². The summed E-state index contributed by atoms with van der Waals surface area (Å²) in [6, 6.07) is 5.08. The second-order valence-corrected chi connectivity index (χ2v) is 4.24. The number of rotatable bonds is 3. The fourth-order valence-electron chi connectivity index (χ4n) is 1.12. The van der Waals surface area contributed by atoms with Crippen LogP contribution in [0.5, 0.6) is 10.9 Å². The van der Waals surface area contributed by atoms with Crippen molar-refractivity contribution in [3.63, 3.8) is 0 Å². The predicted octanol–water partition coefficient (Wildman–Crippen LogP) is 3.13. The average Bonchev–Trinajstić information content (AvgIpc) is 2.70. The Bertz CT molecular complexity index is 501. The first-order valence-corrected chi connectivity index (χ1v) is 5.89. The van der Waals surface area contributed by atoms with Crippen LogP contribution in [0.2, 0.25) is 5.02 Å². The molecular weight excluding hydrogens is 246 g/mol. The van der Waals surface area contributed by atoms with Crippen molar-refractivity contribution in [2.45, 2.75) is 13.3 Å². The van der Waals surface area contributed by atoms with Gasteiger partial charge in [-0.3, -0.25) is 0 Å². The van der Waals surface area contributed by atoms with Crippen LogP contribution in [-0.2, 0) is 6.42 Å². The molecule has 0 spiro atoms. The van der Waals surface area contributed by atoms with Crippen molar-refractivity contribution in [1.82, 2.24) is 9.36 Å². The van der Waals surface area contributed by atoms with Gasteiger partial charge in [0.25, 0.3) is 5.19 Å². The second-order valence-electron chi connectivity index (χ2n) is 3.12. The summed E-state index contributed by atoms with van der Waals surface area (Å²) in [7, 11) is 0. The number of benzene rings is 1. The van der Waals surface area contributed by atoms with Crippen LogP contribution in [0.15, 0.2) is 18.2 Å². The van der Waals surface area contributed by atoms with Gasteiger partial charge in [-0.15, -0.1) is 0 Å².